The maximum absolute atomic E-state index is 12.2. The van der Waals surface area contributed by atoms with Crippen LogP contribution in [0.25, 0.3) is 10.8 Å². The highest BCUT2D eigenvalue weighted by Gasteiger charge is 2.14. The quantitative estimate of drug-likeness (QED) is 0.644. The van der Waals surface area contributed by atoms with Gasteiger partial charge in [-0.1, -0.05) is 38.1 Å². The Hall–Kier alpha value is -2.56. The van der Waals surface area contributed by atoms with Gasteiger partial charge in [-0.2, -0.15) is 0 Å². The normalized spacial score (nSPS) is 10.6. The van der Waals surface area contributed by atoms with Crippen LogP contribution in [0.15, 0.2) is 36.4 Å². The first kappa shape index (κ1) is 19.8. The molecule has 0 saturated carbocycles. The van der Waals surface area contributed by atoms with Gasteiger partial charge in [-0.05, 0) is 41.3 Å². The summed E-state index contributed by atoms with van der Waals surface area (Å²) in [5.41, 5.74) is 0.860. The minimum atomic E-state index is -0.390. The summed E-state index contributed by atoms with van der Waals surface area (Å²) >= 11 is 0. The van der Waals surface area contributed by atoms with Gasteiger partial charge in [0.25, 0.3) is 5.91 Å². The highest BCUT2D eigenvalue weighted by molar-refractivity contribution is 5.86. The molecule has 0 N–H and O–H groups in total. The van der Waals surface area contributed by atoms with Crippen LogP contribution in [0.5, 0.6) is 5.75 Å². The van der Waals surface area contributed by atoms with E-state index in [0.717, 1.165) is 34.9 Å². The number of carbonyl (C=O) groups excluding carboxylic acids is 2. The molecule has 0 bridgehead atoms. The molecule has 0 aromatic heterocycles. The van der Waals surface area contributed by atoms with E-state index in [9.17, 15) is 9.59 Å². The van der Waals surface area contributed by atoms with Crippen molar-refractivity contribution in [3.8, 4) is 5.75 Å². The van der Waals surface area contributed by atoms with Crippen molar-refractivity contribution in [1.82, 2.24) is 4.90 Å². The first-order valence-electron chi connectivity index (χ1n) is 9.07. The van der Waals surface area contributed by atoms with Gasteiger partial charge in [-0.25, -0.2) is 0 Å². The third-order valence-corrected chi connectivity index (χ3v) is 4.16. The van der Waals surface area contributed by atoms with Gasteiger partial charge in [0.05, 0.1) is 13.5 Å². The molecule has 5 nitrogen and oxygen atoms in total. The Morgan fingerprint density at radius 1 is 0.962 bits per heavy atom. The van der Waals surface area contributed by atoms with Gasteiger partial charge in [-0.3, -0.25) is 9.59 Å². The fourth-order valence-electron chi connectivity index (χ4n) is 2.86. The fourth-order valence-corrected chi connectivity index (χ4v) is 2.86. The molecule has 0 aliphatic heterocycles. The molecule has 0 saturated heterocycles. The summed E-state index contributed by atoms with van der Waals surface area (Å²) in [4.78, 5) is 26.0. The molecule has 26 heavy (non-hydrogen) atoms. The minimum absolute atomic E-state index is 0.132. The minimum Gasteiger partial charge on any atom is -0.497 e. The van der Waals surface area contributed by atoms with Gasteiger partial charge in [0.15, 0.2) is 6.61 Å². The van der Waals surface area contributed by atoms with Crippen LogP contribution in [0.4, 0.5) is 0 Å². The van der Waals surface area contributed by atoms with E-state index in [2.05, 4.69) is 0 Å². The van der Waals surface area contributed by atoms with E-state index >= 15 is 0 Å². The molecular formula is C21H27NO4. The Balaban J connectivity index is 1.92. The number of esters is 1. The summed E-state index contributed by atoms with van der Waals surface area (Å²) in [6, 6.07) is 11.6. The van der Waals surface area contributed by atoms with Crippen molar-refractivity contribution in [2.45, 2.75) is 33.1 Å². The molecule has 0 aliphatic carbocycles. The van der Waals surface area contributed by atoms with Crippen LogP contribution >= 0.6 is 0 Å². The van der Waals surface area contributed by atoms with Crippen molar-refractivity contribution in [2.75, 3.05) is 26.8 Å². The van der Waals surface area contributed by atoms with Crippen molar-refractivity contribution in [1.29, 1.82) is 0 Å². The molecule has 0 radical (unpaired) electrons. The molecule has 5 heteroatoms. The second-order valence-electron chi connectivity index (χ2n) is 6.27. The van der Waals surface area contributed by atoms with E-state index in [1.807, 2.05) is 50.2 Å². The summed E-state index contributed by atoms with van der Waals surface area (Å²) in [6.45, 7) is 5.24. The van der Waals surface area contributed by atoms with Crippen LogP contribution in [0.1, 0.15) is 32.3 Å². The summed E-state index contributed by atoms with van der Waals surface area (Å²) in [5, 5.41) is 2.08. The van der Waals surface area contributed by atoms with Crippen LogP contribution in [0.3, 0.4) is 0 Å². The first-order valence-corrected chi connectivity index (χ1v) is 9.07. The van der Waals surface area contributed by atoms with Crippen LogP contribution < -0.4 is 4.74 Å². The van der Waals surface area contributed by atoms with E-state index in [1.165, 1.54) is 0 Å². The molecule has 0 atom stereocenters. The predicted molar refractivity (Wildman–Crippen MR) is 102 cm³/mol. The average Bonchev–Trinajstić information content (AvgIpc) is 2.65. The zero-order chi connectivity index (χ0) is 18.9. The number of amides is 1. The first-order chi connectivity index (χ1) is 12.6. The summed E-state index contributed by atoms with van der Waals surface area (Å²) in [6.07, 6.45) is 1.93. The zero-order valence-corrected chi connectivity index (χ0v) is 15.8. The summed E-state index contributed by atoms with van der Waals surface area (Å²) in [5.74, 6) is 0.277. The topological polar surface area (TPSA) is 55.8 Å². The van der Waals surface area contributed by atoms with Gasteiger partial charge in [0, 0.05) is 13.1 Å². The lowest BCUT2D eigenvalue weighted by atomic mass is 10.0. The number of nitrogens with zero attached hydrogens (tertiary/aromatic N) is 1. The van der Waals surface area contributed by atoms with Crippen LogP contribution in [-0.2, 0) is 20.7 Å². The second kappa shape index (κ2) is 9.80. The number of hydrogen-bond acceptors (Lipinski definition) is 4. The lowest BCUT2D eigenvalue weighted by Gasteiger charge is -2.21. The highest BCUT2D eigenvalue weighted by Crippen LogP contribution is 2.22. The lowest BCUT2D eigenvalue weighted by Crippen LogP contribution is -2.36. The van der Waals surface area contributed by atoms with Gasteiger partial charge >= 0.3 is 5.97 Å². The molecule has 140 valence electrons. The molecule has 2 aromatic carbocycles. The Kier molecular flexibility index (Phi) is 7.45. The number of fused-ring (bicyclic) bond motifs is 1. The summed E-state index contributed by atoms with van der Waals surface area (Å²) < 4.78 is 10.4. The van der Waals surface area contributed by atoms with Crippen LogP contribution in [-0.4, -0.2) is 43.6 Å². The molecular weight excluding hydrogens is 330 g/mol. The monoisotopic (exact) mass is 357 g/mol. The van der Waals surface area contributed by atoms with E-state index in [0.29, 0.717) is 13.1 Å². The van der Waals surface area contributed by atoms with E-state index in [-0.39, 0.29) is 24.9 Å². The molecule has 2 rings (SSSR count). The van der Waals surface area contributed by atoms with Crippen molar-refractivity contribution < 1.29 is 19.1 Å². The fraction of sp³-hybridized carbons (Fsp3) is 0.429. The van der Waals surface area contributed by atoms with E-state index in [1.54, 1.807) is 12.0 Å². The Bertz CT molecular complexity index is 751. The largest absolute Gasteiger partial charge is 0.497 e. The number of carbonyl (C=O) groups is 2. The van der Waals surface area contributed by atoms with E-state index in [4.69, 9.17) is 9.47 Å². The van der Waals surface area contributed by atoms with Gasteiger partial charge < -0.3 is 14.4 Å². The van der Waals surface area contributed by atoms with Gasteiger partial charge in [0.2, 0.25) is 0 Å². The number of methoxy groups -OCH3 is 1. The molecule has 0 aliphatic rings. The van der Waals surface area contributed by atoms with Crippen molar-refractivity contribution >= 4 is 22.6 Å². The van der Waals surface area contributed by atoms with Crippen molar-refractivity contribution in [2.24, 2.45) is 0 Å². The smallest absolute Gasteiger partial charge is 0.310 e. The van der Waals surface area contributed by atoms with Gasteiger partial charge in [-0.15, -0.1) is 0 Å². The number of ether oxygens (including phenoxy) is 2. The Morgan fingerprint density at radius 3 is 2.27 bits per heavy atom. The highest BCUT2D eigenvalue weighted by atomic mass is 16.5. The number of rotatable bonds is 9. The van der Waals surface area contributed by atoms with Gasteiger partial charge in [0.1, 0.15) is 5.75 Å². The zero-order valence-electron chi connectivity index (χ0n) is 15.8. The molecule has 0 fully saturated rings. The molecule has 1 amide bonds. The predicted octanol–water partition coefficient (Wildman–Crippen LogP) is 3.58. The third-order valence-electron chi connectivity index (χ3n) is 4.16. The maximum Gasteiger partial charge on any atom is 0.310 e. The second-order valence-corrected chi connectivity index (χ2v) is 6.27. The van der Waals surface area contributed by atoms with Crippen LogP contribution in [0.2, 0.25) is 0 Å². The van der Waals surface area contributed by atoms with Crippen LogP contribution in [0, 0.1) is 0 Å². The van der Waals surface area contributed by atoms with Crippen molar-refractivity contribution in [3.63, 3.8) is 0 Å². The number of hydrogen-bond donors (Lipinski definition) is 0. The Labute approximate surface area is 154 Å². The standard InChI is InChI=1S/C21H27NO4/c1-4-10-22(11-5-2)20(23)15-26-21(24)13-16-6-7-18-14-19(25-3)9-8-17(18)12-16/h6-9,12,14H,4-5,10-11,13,15H2,1-3H3. The maximum atomic E-state index is 12.2. The van der Waals surface area contributed by atoms with E-state index < -0.39 is 0 Å². The molecule has 0 spiro atoms. The van der Waals surface area contributed by atoms with Crippen molar-refractivity contribution in [3.05, 3.63) is 42.0 Å². The summed E-state index contributed by atoms with van der Waals surface area (Å²) in [7, 11) is 1.63. The third kappa shape index (κ3) is 5.48. The number of benzene rings is 2. The molecule has 2 aromatic rings. The Morgan fingerprint density at radius 2 is 1.62 bits per heavy atom. The lowest BCUT2D eigenvalue weighted by molar-refractivity contribution is -0.151. The average molecular weight is 357 g/mol. The SMILES string of the molecule is CCCN(CCC)C(=O)COC(=O)Cc1ccc2cc(OC)ccc2c1. The molecule has 0 heterocycles. The molecule has 0 unspecified atom stereocenters.